The van der Waals surface area contributed by atoms with E-state index in [1.165, 1.54) is 6.42 Å². The third kappa shape index (κ3) is 2.23. The van der Waals surface area contributed by atoms with Crippen LogP contribution in [0.4, 0.5) is 0 Å². The molecule has 0 aromatic carbocycles. The molecule has 1 aliphatic carbocycles. The van der Waals surface area contributed by atoms with Crippen molar-refractivity contribution in [3.05, 3.63) is 0 Å². The first-order valence-corrected chi connectivity index (χ1v) is 6.06. The van der Waals surface area contributed by atoms with Crippen molar-refractivity contribution in [1.29, 1.82) is 0 Å². The highest BCUT2D eigenvalue weighted by molar-refractivity contribution is 5.78. The van der Waals surface area contributed by atoms with Crippen LogP contribution in [-0.4, -0.2) is 24.8 Å². The fourth-order valence-corrected chi connectivity index (χ4v) is 2.71. The second-order valence-corrected chi connectivity index (χ2v) is 4.55. The van der Waals surface area contributed by atoms with Gasteiger partial charge in [-0.3, -0.25) is 4.79 Å². The SMILES string of the molecule is CCC(=O)CC1CCCCC12OCCO2. The molecule has 0 N–H and O–H groups in total. The van der Waals surface area contributed by atoms with Gasteiger partial charge in [-0.25, -0.2) is 0 Å². The number of carbonyl (C=O) groups excluding carboxylic acids is 1. The van der Waals surface area contributed by atoms with Gasteiger partial charge >= 0.3 is 0 Å². The minimum absolute atomic E-state index is 0.293. The average Bonchev–Trinajstić information content (AvgIpc) is 2.71. The van der Waals surface area contributed by atoms with E-state index in [-0.39, 0.29) is 0 Å². The van der Waals surface area contributed by atoms with Gasteiger partial charge in [0.2, 0.25) is 0 Å². The van der Waals surface area contributed by atoms with Gasteiger partial charge < -0.3 is 9.47 Å². The molecule has 86 valence electrons. The highest BCUT2D eigenvalue weighted by Gasteiger charge is 2.46. The number of ketones is 1. The molecular formula is C12H20O3. The van der Waals surface area contributed by atoms with E-state index in [2.05, 4.69) is 0 Å². The third-order valence-corrected chi connectivity index (χ3v) is 3.59. The summed E-state index contributed by atoms with van der Waals surface area (Å²) in [5.74, 6) is 0.227. The standard InChI is InChI=1S/C12H20O3/c1-2-11(13)9-10-5-3-4-6-12(10)14-7-8-15-12/h10H,2-9H2,1H3. The smallest absolute Gasteiger partial charge is 0.171 e. The predicted molar refractivity (Wildman–Crippen MR) is 56.5 cm³/mol. The molecule has 0 bridgehead atoms. The number of Topliss-reactive ketones (excluding diaryl/α,β-unsaturated/α-hetero) is 1. The Morgan fingerprint density at radius 1 is 1.33 bits per heavy atom. The van der Waals surface area contributed by atoms with Gasteiger partial charge in [0.05, 0.1) is 13.2 Å². The summed E-state index contributed by atoms with van der Waals surface area (Å²) < 4.78 is 11.5. The molecule has 1 spiro atoms. The van der Waals surface area contributed by atoms with Crippen molar-refractivity contribution in [3.8, 4) is 0 Å². The molecule has 0 amide bonds. The van der Waals surface area contributed by atoms with Crippen LogP contribution in [0.15, 0.2) is 0 Å². The molecule has 1 heterocycles. The summed E-state index contributed by atoms with van der Waals surface area (Å²) in [6.45, 7) is 3.31. The van der Waals surface area contributed by atoms with E-state index in [1.54, 1.807) is 0 Å². The van der Waals surface area contributed by atoms with Gasteiger partial charge in [-0.15, -0.1) is 0 Å². The molecular weight excluding hydrogens is 192 g/mol. The first-order valence-electron chi connectivity index (χ1n) is 6.06. The van der Waals surface area contributed by atoms with E-state index in [0.29, 0.717) is 37.8 Å². The Morgan fingerprint density at radius 2 is 2.07 bits per heavy atom. The molecule has 1 aliphatic heterocycles. The fraction of sp³-hybridized carbons (Fsp3) is 0.917. The number of carbonyl (C=O) groups is 1. The predicted octanol–water partition coefficient (Wildman–Crippen LogP) is 2.29. The summed E-state index contributed by atoms with van der Waals surface area (Å²) in [6.07, 6.45) is 5.68. The van der Waals surface area contributed by atoms with Crippen molar-refractivity contribution in [2.75, 3.05) is 13.2 Å². The van der Waals surface area contributed by atoms with E-state index in [0.717, 1.165) is 19.3 Å². The van der Waals surface area contributed by atoms with Gasteiger partial charge in [0, 0.05) is 25.2 Å². The average molecular weight is 212 g/mol. The van der Waals surface area contributed by atoms with Crippen LogP contribution in [0.1, 0.15) is 45.4 Å². The van der Waals surface area contributed by atoms with Crippen molar-refractivity contribution in [2.24, 2.45) is 5.92 Å². The first-order chi connectivity index (χ1) is 7.27. The minimum atomic E-state index is -0.400. The molecule has 0 aromatic heterocycles. The summed E-state index contributed by atoms with van der Waals surface area (Å²) in [6, 6.07) is 0. The second-order valence-electron chi connectivity index (χ2n) is 4.55. The van der Waals surface area contributed by atoms with Crippen LogP contribution in [0.2, 0.25) is 0 Å². The van der Waals surface area contributed by atoms with Crippen LogP contribution in [0.25, 0.3) is 0 Å². The number of rotatable bonds is 3. The lowest BCUT2D eigenvalue weighted by molar-refractivity contribution is -0.213. The summed E-state index contributed by atoms with van der Waals surface area (Å²) in [7, 11) is 0. The maximum Gasteiger partial charge on any atom is 0.171 e. The van der Waals surface area contributed by atoms with Gasteiger partial charge in [-0.2, -0.15) is 0 Å². The van der Waals surface area contributed by atoms with Gasteiger partial charge in [0.25, 0.3) is 0 Å². The van der Waals surface area contributed by atoms with Crippen molar-refractivity contribution in [1.82, 2.24) is 0 Å². The Kier molecular flexibility index (Phi) is 3.42. The van der Waals surface area contributed by atoms with E-state index >= 15 is 0 Å². The number of hydrogen-bond acceptors (Lipinski definition) is 3. The molecule has 0 aromatic rings. The zero-order valence-electron chi connectivity index (χ0n) is 9.46. The molecule has 0 radical (unpaired) electrons. The zero-order valence-corrected chi connectivity index (χ0v) is 9.46. The van der Waals surface area contributed by atoms with Crippen molar-refractivity contribution in [3.63, 3.8) is 0 Å². The quantitative estimate of drug-likeness (QED) is 0.720. The third-order valence-electron chi connectivity index (χ3n) is 3.59. The summed E-state index contributed by atoms with van der Waals surface area (Å²) in [5, 5.41) is 0. The summed E-state index contributed by atoms with van der Waals surface area (Å²) in [4.78, 5) is 11.5. The lowest BCUT2D eigenvalue weighted by atomic mass is 9.80. The maximum absolute atomic E-state index is 11.5. The van der Waals surface area contributed by atoms with Crippen molar-refractivity contribution < 1.29 is 14.3 Å². The molecule has 15 heavy (non-hydrogen) atoms. The van der Waals surface area contributed by atoms with Gasteiger partial charge in [0.15, 0.2) is 5.79 Å². The zero-order chi connectivity index (χ0) is 10.7. The van der Waals surface area contributed by atoms with Gasteiger partial charge in [-0.05, 0) is 12.8 Å². The highest BCUT2D eigenvalue weighted by Crippen LogP contribution is 2.42. The Morgan fingerprint density at radius 3 is 2.73 bits per heavy atom. The highest BCUT2D eigenvalue weighted by atomic mass is 16.7. The van der Waals surface area contributed by atoms with Gasteiger partial charge in [0.1, 0.15) is 5.78 Å². The molecule has 1 unspecified atom stereocenters. The second kappa shape index (κ2) is 4.62. The summed E-state index contributed by atoms with van der Waals surface area (Å²) >= 11 is 0. The largest absolute Gasteiger partial charge is 0.347 e. The van der Waals surface area contributed by atoms with Crippen molar-refractivity contribution >= 4 is 5.78 Å². The monoisotopic (exact) mass is 212 g/mol. The van der Waals surface area contributed by atoms with Crippen LogP contribution in [0, 0.1) is 5.92 Å². The van der Waals surface area contributed by atoms with E-state index in [9.17, 15) is 4.79 Å². The fourth-order valence-electron chi connectivity index (χ4n) is 2.71. The molecule has 3 nitrogen and oxygen atoms in total. The van der Waals surface area contributed by atoms with E-state index in [4.69, 9.17) is 9.47 Å². The number of hydrogen-bond donors (Lipinski definition) is 0. The Bertz CT molecular complexity index is 231. The molecule has 3 heteroatoms. The molecule has 1 saturated carbocycles. The molecule has 1 saturated heterocycles. The van der Waals surface area contributed by atoms with Crippen LogP contribution < -0.4 is 0 Å². The topological polar surface area (TPSA) is 35.5 Å². The minimum Gasteiger partial charge on any atom is -0.347 e. The first kappa shape index (κ1) is 11.1. The molecule has 1 atom stereocenters. The van der Waals surface area contributed by atoms with E-state index in [1.807, 2.05) is 6.92 Å². The number of ether oxygens (including phenoxy) is 2. The Labute approximate surface area is 91.1 Å². The van der Waals surface area contributed by atoms with Crippen LogP contribution in [-0.2, 0) is 14.3 Å². The summed E-state index contributed by atoms with van der Waals surface area (Å²) in [5.41, 5.74) is 0. The van der Waals surface area contributed by atoms with Crippen LogP contribution >= 0.6 is 0 Å². The normalized spacial score (nSPS) is 29.5. The maximum atomic E-state index is 11.5. The molecule has 2 aliphatic rings. The lowest BCUT2D eigenvalue weighted by Gasteiger charge is -2.39. The van der Waals surface area contributed by atoms with Crippen molar-refractivity contribution in [2.45, 2.75) is 51.2 Å². The Balaban J connectivity index is 2.02. The molecule has 2 fully saturated rings. The Hall–Kier alpha value is -0.410. The van der Waals surface area contributed by atoms with Crippen LogP contribution in [0.3, 0.4) is 0 Å². The van der Waals surface area contributed by atoms with Crippen LogP contribution in [0.5, 0.6) is 0 Å². The van der Waals surface area contributed by atoms with E-state index < -0.39 is 5.79 Å². The lowest BCUT2D eigenvalue weighted by Crippen LogP contribution is -2.42. The molecule has 2 rings (SSSR count). The van der Waals surface area contributed by atoms with Gasteiger partial charge in [-0.1, -0.05) is 13.3 Å².